The Hall–Kier alpha value is -1.13. The van der Waals surface area contributed by atoms with Crippen molar-refractivity contribution < 1.29 is 0 Å². The first-order valence-electron chi connectivity index (χ1n) is 5.79. The number of hydrogen-bond donors (Lipinski definition) is 1. The van der Waals surface area contributed by atoms with Crippen LogP contribution in [0.5, 0.6) is 0 Å². The summed E-state index contributed by atoms with van der Waals surface area (Å²) in [6.07, 6.45) is 1.74. The van der Waals surface area contributed by atoms with Gasteiger partial charge in [0, 0.05) is 44.0 Å². The molecule has 2 heterocycles. The van der Waals surface area contributed by atoms with Gasteiger partial charge in [0.1, 0.15) is 5.82 Å². The molecule has 0 spiro atoms. The molecule has 1 aromatic heterocycles. The molecule has 0 aliphatic carbocycles. The number of likely N-dealkylation sites (N-methyl/N-ethyl adjacent to an activating group) is 1. The maximum absolute atomic E-state index is 5.86. The predicted octanol–water partition coefficient (Wildman–Crippen LogP) is 0.800. The molecule has 4 heteroatoms. The lowest BCUT2D eigenvalue weighted by atomic mass is 10.1. The Morgan fingerprint density at radius 3 is 3.00 bits per heavy atom. The molecule has 1 aliphatic heterocycles. The first-order chi connectivity index (χ1) is 7.66. The van der Waals surface area contributed by atoms with E-state index < -0.39 is 0 Å². The topological polar surface area (TPSA) is 45.4 Å². The van der Waals surface area contributed by atoms with E-state index in [1.807, 2.05) is 6.07 Å². The first-order valence-corrected chi connectivity index (χ1v) is 5.79. The summed E-state index contributed by atoms with van der Waals surface area (Å²) in [6, 6.07) is 4.60. The largest absolute Gasteiger partial charge is 0.383 e. The number of nitrogens with two attached hydrogens (primary N) is 1. The molecule has 1 aliphatic rings. The van der Waals surface area contributed by atoms with Crippen LogP contribution in [0.2, 0.25) is 0 Å². The molecule has 0 saturated carbocycles. The summed E-state index contributed by atoms with van der Waals surface area (Å²) in [5.74, 6) is 0.661. The van der Waals surface area contributed by atoms with Crippen molar-refractivity contribution >= 4 is 5.82 Å². The van der Waals surface area contributed by atoms with Crippen molar-refractivity contribution in [2.24, 2.45) is 0 Å². The minimum atomic E-state index is 0.582. The second-order valence-corrected chi connectivity index (χ2v) is 4.63. The monoisotopic (exact) mass is 220 g/mol. The van der Waals surface area contributed by atoms with Gasteiger partial charge in [0.05, 0.1) is 0 Å². The fourth-order valence-electron chi connectivity index (χ4n) is 2.22. The van der Waals surface area contributed by atoms with Crippen LogP contribution in [0.25, 0.3) is 0 Å². The molecule has 4 nitrogen and oxygen atoms in total. The normalized spacial score (nSPS) is 23.5. The molecule has 16 heavy (non-hydrogen) atoms. The first kappa shape index (κ1) is 11.4. The van der Waals surface area contributed by atoms with Gasteiger partial charge >= 0.3 is 0 Å². The highest BCUT2D eigenvalue weighted by molar-refractivity contribution is 5.38. The molecule has 0 amide bonds. The lowest BCUT2D eigenvalue weighted by molar-refractivity contribution is 0.0939. The van der Waals surface area contributed by atoms with E-state index in [-0.39, 0.29) is 0 Å². The predicted molar refractivity (Wildman–Crippen MR) is 66.0 cm³/mol. The summed E-state index contributed by atoms with van der Waals surface area (Å²) in [5, 5.41) is 0. The molecule has 88 valence electrons. The Kier molecular flexibility index (Phi) is 3.41. The Morgan fingerprint density at radius 1 is 1.50 bits per heavy atom. The molecule has 1 atom stereocenters. The third-order valence-electron chi connectivity index (χ3n) is 3.27. The van der Waals surface area contributed by atoms with Crippen LogP contribution in [0.15, 0.2) is 18.3 Å². The van der Waals surface area contributed by atoms with Gasteiger partial charge in [-0.15, -0.1) is 0 Å². The van der Waals surface area contributed by atoms with Gasteiger partial charge in [0.2, 0.25) is 0 Å². The lowest BCUT2D eigenvalue weighted by Crippen LogP contribution is -2.49. The second-order valence-electron chi connectivity index (χ2n) is 4.63. The number of aromatic nitrogens is 1. The average molecular weight is 220 g/mol. The molecule has 0 aromatic carbocycles. The quantitative estimate of drug-likeness (QED) is 0.801. The zero-order valence-electron chi connectivity index (χ0n) is 10.1. The SMILES string of the molecule is CC1CN(C)CCN1Cc1cccnc1N. The van der Waals surface area contributed by atoms with Crippen molar-refractivity contribution in [2.75, 3.05) is 32.4 Å². The van der Waals surface area contributed by atoms with Crippen LogP contribution in [0.3, 0.4) is 0 Å². The van der Waals surface area contributed by atoms with E-state index in [1.165, 1.54) is 0 Å². The van der Waals surface area contributed by atoms with Gasteiger partial charge in [-0.25, -0.2) is 4.98 Å². The number of nitrogen functional groups attached to an aromatic ring is 1. The van der Waals surface area contributed by atoms with Crippen LogP contribution in [-0.2, 0) is 6.54 Å². The number of nitrogens with zero attached hydrogens (tertiary/aromatic N) is 3. The van der Waals surface area contributed by atoms with E-state index in [9.17, 15) is 0 Å². The smallest absolute Gasteiger partial charge is 0.127 e. The van der Waals surface area contributed by atoms with E-state index in [4.69, 9.17) is 5.73 Å². The Labute approximate surface area is 97.1 Å². The van der Waals surface area contributed by atoms with E-state index >= 15 is 0 Å². The van der Waals surface area contributed by atoms with Crippen LogP contribution in [0.4, 0.5) is 5.82 Å². The zero-order chi connectivity index (χ0) is 11.5. The summed E-state index contributed by atoms with van der Waals surface area (Å²) in [6.45, 7) is 6.54. The van der Waals surface area contributed by atoms with Crippen LogP contribution in [0, 0.1) is 0 Å². The van der Waals surface area contributed by atoms with E-state index in [0.717, 1.165) is 31.7 Å². The molecule has 2 N–H and O–H groups in total. The van der Waals surface area contributed by atoms with Crippen LogP contribution >= 0.6 is 0 Å². The van der Waals surface area contributed by atoms with Gasteiger partial charge in [0.15, 0.2) is 0 Å². The molecule has 2 rings (SSSR count). The summed E-state index contributed by atoms with van der Waals surface area (Å²) in [5.41, 5.74) is 7.00. The van der Waals surface area contributed by atoms with Crippen molar-refractivity contribution in [1.29, 1.82) is 0 Å². The van der Waals surface area contributed by atoms with Crippen LogP contribution in [0.1, 0.15) is 12.5 Å². The number of pyridine rings is 1. The molecule has 0 bridgehead atoms. The molecule has 1 aromatic rings. The van der Waals surface area contributed by atoms with Crippen molar-refractivity contribution in [3.8, 4) is 0 Å². The van der Waals surface area contributed by atoms with Crippen LogP contribution in [-0.4, -0.2) is 47.5 Å². The average Bonchev–Trinajstić information content (AvgIpc) is 2.25. The summed E-state index contributed by atoms with van der Waals surface area (Å²) in [7, 11) is 2.17. The van der Waals surface area contributed by atoms with Crippen molar-refractivity contribution in [1.82, 2.24) is 14.8 Å². The van der Waals surface area contributed by atoms with Gasteiger partial charge < -0.3 is 10.6 Å². The van der Waals surface area contributed by atoms with Crippen molar-refractivity contribution in [3.63, 3.8) is 0 Å². The van der Waals surface area contributed by atoms with E-state index in [2.05, 4.69) is 34.8 Å². The maximum Gasteiger partial charge on any atom is 0.127 e. The number of rotatable bonds is 2. The van der Waals surface area contributed by atoms with Gasteiger partial charge in [-0.1, -0.05) is 6.07 Å². The Morgan fingerprint density at radius 2 is 2.31 bits per heavy atom. The van der Waals surface area contributed by atoms with Gasteiger partial charge in [0.25, 0.3) is 0 Å². The number of hydrogen-bond acceptors (Lipinski definition) is 4. The standard InChI is InChI=1S/C12H20N4/c1-10-8-15(2)6-7-16(10)9-11-4-3-5-14-12(11)13/h3-5,10H,6-9H2,1-2H3,(H2,13,14). The van der Waals surface area contributed by atoms with Crippen molar-refractivity contribution in [3.05, 3.63) is 23.9 Å². The van der Waals surface area contributed by atoms with E-state index in [1.54, 1.807) is 6.20 Å². The summed E-state index contributed by atoms with van der Waals surface area (Å²) in [4.78, 5) is 8.96. The summed E-state index contributed by atoms with van der Waals surface area (Å²) >= 11 is 0. The fourth-order valence-corrected chi connectivity index (χ4v) is 2.22. The van der Waals surface area contributed by atoms with Gasteiger partial charge in [-0.3, -0.25) is 4.90 Å². The van der Waals surface area contributed by atoms with Gasteiger partial charge in [-0.05, 0) is 20.0 Å². The number of anilines is 1. The highest BCUT2D eigenvalue weighted by Crippen LogP contribution is 2.15. The minimum absolute atomic E-state index is 0.582. The minimum Gasteiger partial charge on any atom is -0.383 e. The Bertz CT molecular complexity index is 353. The van der Waals surface area contributed by atoms with E-state index in [0.29, 0.717) is 11.9 Å². The second kappa shape index (κ2) is 4.80. The van der Waals surface area contributed by atoms with Gasteiger partial charge in [-0.2, -0.15) is 0 Å². The third kappa shape index (κ3) is 2.51. The van der Waals surface area contributed by atoms with Crippen LogP contribution < -0.4 is 5.73 Å². The summed E-state index contributed by atoms with van der Waals surface area (Å²) < 4.78 is 0. The highest BCUT2D eigenvalue weighted by Gasteiger charge is 2.21. The highest BCUT2D eigenvalue weighted by atomic mass is 15.3. The molecule has 1 unspecified atom stereocenters. The number of piperazine rings is 1. The third-order valence-corrected chi connectivity index (χ3v) is 3.27. The Balaban J connectivity index is 2.02. The van der Waals surface area contributed by atoms with Crippen molar-refractivity contribution in [2.45, 2.75) is 19.5 Å². The molecule has 1 saturated heterocycles. The lowest BCUT2D eigenvalue weighted by Gasteiger charge is -2.38. The molecular weight excluding hydrogens is 200 g/mol. The maximum atomic E-state index is 5.86. The molecule has 1 fully saturated rings. The molecular formula is C12H20N4. The fraction of sp³-hybridized carbons (Fsp3) is 0.583. The molecule has 0 radical (unpaired) electrons. The zero-order valence-corrected chi connectivity index (χ0v) is 10.1.